The molecule has 1 unspecified atom stereocenters. The van der Waals surface area contributed by atoms with Gasteiger partial charge in [-0.1, -0.05) is 46.9 Å². The number of nitrogens with zero attached hydrogens (tertiary/aromatic N) is 3. The number of rotatable bonds is 5. The summed E-state index contributed by atoms with van der Waals surface area (Å²) in [4.78, 5) is 23.3. The topological polar surface area (TPSA) is 62.5 Å². The number of thiophene rings is 1. The molecule has 0 spiro atoms. The highest BCUT2D eigenvalue weighted by atomic mass is 35.5. The van der Waals surface area contributed by atoms with Gasteiger partial charge in [-0.05, 0) is 36.4 Å². The molecule has 2 aromatic heterocycles. The number of amides is 1. The number of carbonyl (C=O) groups excluding carboxylic acids is 1. The summed E-state index contributed by atoms with van der Waals surface area (Å²) < 4.78 is 0. The van der Waals surface area contributed by atoms with E-state index in [9.17, 15) is 4.79 Å². The fourth-order valence-electron chi connectivity index (χ4n) is 3.59. The maximum atomic E-state index is 12.9. The van der Waals surface area contributed by atoms with Crippen LogP contribution < -0.4 is 10.6 Å². The van der Waals surface area contributed by atoms with Crippen molar-refractivity contribution in [2.45, 2.75) is 12.5 Å². The highest BCUT2D eigenvalue weighted by Gasteiger charge is 2.26. The SMILES string of the molecule is NC(Cc1ccc(-c2ccc(Cl)cc2Cl)s1)C(=O)N1CCN(c2cccc(Cl)n2)CC1. The Morgan fingerprint density at radius 1 is 1.06 bits per heavy atom. The number of carbonyl (C=O) groups is 1. The molecule has 3 heterocycles. The number of piperazine rings is 1. The van der Waals surface area contributed by atoms with Crippen LogP contribution in [0.1, 0.15) is 4.88 Å². The summed E-state index contributed by atoms with van der Waals surface area (Å²) in [5.74, 6) is 0.800. The first-order valence-electron chi connectivity index (χ1n) is 9.87. The fraction of sp³-hybridized carbons (Fsp3) is 0.273. The number of nitrogens with two attached hydrogens (primary N) is 1. The van der Waals surface area contributed by atoms with Gasteiger partial charge in [0, 0.05) is 52.9 Å². The Bertz CT molecular complexity index is 1080. The van der Waals surface area contributed by atoms with Crippen LogP contribution in [0.4, 0.5) is 5.82 Å². The molecule has 162 valence electrons. The smallest absolute Gasteiger partial charge is 0.239 e. The van der Waals surface area contributed by atoms with Gasteiger partial charge in [-0.25, -0.2) is 4.98 Å². The highest BCUT2D eigenvalue weighted by Crippen LogP contribution is 2.35. The molecule has 1 aliphatic rings. The van der Waals surface area contributed by atoms with Crippen molar-refractivity contribution in [1.82, 2.24) is 9.88 Å². The van der Waals surface area contributed by atoms with Crippen molar-refractivity contribution < 1.29 is 4.79 Å². The first-order chi connectivity index (χ1) is 14.9. The normalized spacial score (nSPS) is 15.2. The molecule has 0 radical (unpaired) electrons. The van der Waals surface area contributed by atoms with Crippen LogP contribution in [0.2, 0.25) is 15.2 Å². The van der Waals surface area contributed by atoms with Crippen LogP contribution in [0.3, 0.4) is 0 Å². The molecule has 0 saturated carbocycles. The molecule has 1 amide bonds. The van der Waals surface area contributed by atoms with E-state index in [1.54, 1.807) is 23.5 Å². The van der Waals surface area contributed by atoms with Crippen LogP contribution >= 0.6 is 46.1 Å². The summed E-state index contributed by atoms with van der Waals surface area (Å²) in [5, 5.41) is 1.67. The van der Waals surface area contributed by atoms with Gasteiger partial charge in [0.05, 0.1) is 11.1 Å². The number of benzene rings is 1. The molecule has 4 rings (SSSR count). The lowest BCUT2D eigenvalue weighted by Crippen LogP contribution is -2.53. The van der Waals surface area contributed by atoms with Crippen LogP contribution in [-0.2, 0) is 11.2 Å². The van der Waals surface area contributed by atoms with Crippen molar-refractivity contribution in [2.75, 3.05) is 31.1 Å². The molecule has 1 saturated heterocycles. The Morgan fingerprint density at radius 2 is 1.84 bits per heavy atom. The maximum absolute atomic E-state index is 12.9. The largest absolute Gasteiger partial charge is 0.353 e. The van der Waals surface area contributed by atoms with Crippen molar-refractivity contribution in [1.29, 1.82) is 0 Å². The maximum Gasteiger partial charge on any atom is 0.239 e. The number of halogens is 3. The Balaban J connectivity index is 1.35. The Hall–Kier alpha value is -1.83. The third-order valence-corrected chi connectivity index (χ3v) is 7.11. The van der Waals surface area contributed by atoms with Gasteiger partial charge < -0.3 is 15.5 Å². The first-order valence-corrected chi connectivity index (χ1v) is 11.8. The molecule has 0 bridgehead atoms. The van der Waals surface area contributed by atoms with Crippen molar-refractivity contribution in [3.05, 3.63) is 68.6 Å². The molecule has 1 atom stereocenters. The standard InChI is InChI=1S/C22H21Cl3N4OS/c23-14-4-6-16(17(24)12-14)19-7-5-15(31-19)13-18(26)22(30)29-10-8-28(9-11-29)21-3-1-2-20(25)27-21/h1-7,12,18H,8-11,13,26H2. The second-order valence-corrected chi connectivity index (χ2v) is 9.73. The molecule has 1 fully saturated rings. The minimum Gasteiger partial charge on any atom is -0.353 e. The van der Waals surface area contributed by atoms with Gasteiger partial charge in [-0.15, -0.1) is 11.3 Å². The zero-order valence-corrected chi connectivity index (χ0v) is 19.7. The van der Waals surface area contributed by atoms with E-state index < -0.39 is 6.04 Å². The second-order valence-electron chi connectivity index (χ2n) is 7.33. The van der Waals surface area contributed by atoms with Gasteiger partial charge in [-0.2, -0.15) is 0 Å². The number of aromatic nitrogens is 1. The summed E-state index contributed by atoms with van der Waals surface area (Å²) in [7, 11) is 0. The van der Waals surface area contributed by atoms with E-state index in [0.717, 1.165) is 21.1 Å². The summed E-state index contributed by atoms with van der Waals surface area (Å²) >= 11 is 19.9. The predicted octanol–water partition coefficient (Wildman–Crippen LogP) is 4.99. The van der Waals surface area contributed by atoms with Crippen LogP contribution in [0.15, 0.2) is 48.5 Å². The lowest BCUT2D eigenvalue weighted by Gasteiger charge is -2.36. The quantitative estimate of drug-likeness (QED) is 0.507. The van der Waals surface area contributed by atoms with E-state index in [1.807, 2.05) is 41.3 Å². The number of pyridine rings is 1. The predicted molar refractivity (Wildman–Crippen MR) is 129 cm³/mol. The van der Waals surface area contributed by atoms with Gasteiger partial charge >= 0.3 is 0 Å². The third-order valence-electron chi connectivity index (χ3n) is 5.21. The minimum atomic E-state index is -0.581. The van der Waals surface area contributed by atoms with Crippen molar-refractivity contribution in [3.63, 3.8) is 0 Å². The van der Waals surface area contributed by atoms with Gasteiger partial charge in [-0.3, -0.25) is 4.79 Å². The van der Waals surface area contributed by atoms with E-state index in [-0.39, 0.29) is 5.91 Å². The molecule has 31 heavy (non-hydrogen) atoms. The summed E-state index contributed by atoms with van der Waals surface area (Å²) in [6.07, 6.45) is 0.491. The van der Waals surface area contributed by atoms with Gasteiger partial charge in [0.2, 0.25) is 5.91 Å². The Kier molecular flexibility index (Phi) is 7.04. The zero-order valence-electron chi connectivity index (χ0n) is 16.6. The van der Waals surface area contributed by atoms with E-state index in [0.29, 0.717) is 47.8 Å². The van der Waals surface area contributed by atoms with Crippen LogP contribution in [0, 0.1) is 0 Å². The van der Waals surface area contributed by atoms with Crippen LogP contribution in [-0.4, -0.2) is 48.0 Å². The van der Waals surface area contributed by atoms with E-state index in [4.69, 9.17) is 40.5 Å². The highest BCUT2D eigenvalue weighted by molar-refractivity contribution is 7.15. The molecule has 0 aliphatic carbocycles. The number of hydrogen-bond donors (Lipinski definition) is 1. The van der Waals surface area contributed by atoms with Crippen LogP contribution in [0.5, 0.6) is 0 Å². The number of anilines is 1. The zero-order chi connectivity index (χ0) is 22.0. The lowest BCUT2D eigenvalue weighted by molar-refractivity contribution is -0.132. The lowest BCUT2D eigenvalue weighted by atomic mass is 10.1. The molecular weight excluding hydrogens is 475 g/mol. The fourth-order valence-corrected chi connectivity index (χ4v) is 5.42. The van der Waals surface area contributed by atoms with E-state index in [2.05, 4.69) is 9.88 Å². The Morgan fingerprint density at radius 3 is 2.55 bits per heavy atom. The third kappa shape index (κ3) is 5.33. The molecule has 1 aliphatic heterocycles. The van der Waals surface area contributed by atoms with Gasteiger partial charge in [0.25, 0.3) is 0 Å². The minimum absolute atomic E-state index is 0.0295. The monoisotopic (exact) mass is 494 g/mol. The molecule has 1 aromatic carbocycles. The average Bonchev–Trinajstić information content (AvgIpc) is 3.21. The van der Waals surface area contributed by atoms with Gasteiger partial charge in [0.15, 0.2) is 0 Å². The molecule has 3 aromatic rings. The van der Waals surface area contributed by atoms with Crippen LogP contribution in [0.25, 0.3) is 10.4 Å². The van der Waals surface area contributed by atoms with E-state index in [1.165, 1.54) is 0 Å². The molecule has 2 N–H and O–H groups in total. The average molecular weight is 496 g/mol. The molecular formula is C22H21Cl3N4OS. The summed E-state index contributed by atoms with van der Waals surface area (Å²) in [6, 6.07) is 14.4. The second kappa shape index (κ2) is 9.76. The first kappa shape index (κ1) is 22.4. The van der Waals surface area contributed by atoms with Crippen molar-refractivity contribution in [3.8, 4) is 10.4 Å². The van der Waals surface area contributed by atoms with Crippen molar-refractivity contribution >= 4 is 57.9 Å². The summed E-state index contributed by atoms with van der Waals surface area (Å²) in [5.41, 5.74) is 7.20. The number of hydrogen-bond acceptors (Lipinski definition) is 5. The van der Waals surface area contributed by atoms with E-state index >= 15 is 0 Å². The molecule has 5 nitrogen and oxygen atoms in total. The van der Waals surface area contributed by atoms with Gasteiger partial charge in [0.1, 0.15) is 11.0 Å². The molecule has 9 heteroatoms. The summed E-state index contributed by atoms with van der Waals surface area (Å²) in [6.45, 7) is 2.61. The Labute approximate surface area is 200 Å². The van der Waals surface area contributed by atoms with Crippen molar-refractivity contribution in [2.24, 2.45) is 5.73 Å².